The molecule has 1 aliphatic heterocycles. The molecule has 2 aromatic rings. The standard InChI is InChI=1S/C22H30N4O3S/c1-13(27)23-21-24-18(12-30-21)20(28)26-9-7-14(8-10-26)19-16-11-15(22(2,3)4)5-6-17(16)25-29-19/h12,14-15H,5-11H2,1-4H3,(H,23,24,27)/t15-/m0/s1. The van der Waals surface area contributed by atoms with E-state index in [9.17, 15) is 9.59 Å². The zero-order valence-electron chi connectivity index (χ0n) is 18.2. The number of thiazole rings is 1. The van der Waals surface area contributed by atoms with E-state index in [1.54, 1.807) is 5.38 Å². The summed E-state index contributed by atoms with van der Waals surface area (Å²) >= 11 is 1.27. The molecule has 1 saturated heterocycles. The minimum absolute atomic E-state index is 0.0753. The molecule has 1 aliphatic carbocycles. The van der Waals surface area contributed by atoms with E-state index in [1.165, 1.54) is 30.2 Å². The van der Waals surface area contributed by atoms with Crippen LogP contribution in [0.25, 0.3) is 0 Å². The maximum atomic E-state index is 12.8. The normalized spacial score (nSPS) is 20.1. The first-order chi connectivity index (χ1) is 14.2. The smallest absolute Gasteiger partial charge is 0.273 e. The van der Waals surface area contributed by atoms with Crippen LogP contribution in [0.3, 0.4) is 0 Å². The number of hydrogen-bond donors (Lipinski definition) is 1. The molecule has 1 N–H and O–H groups in total. The lowest BCUT2D eigenvalue weighted by atomic mass is 9.71. The highest BCUT2D eigenvalue weighted by Gasteiger charge is 2.36. The number of fused-ring (bicyclic) bond motifs is 1. The third kappa shape index (κ3) is 4.29. The van der Waals surface area contributed by atoms with E-state index < -0.39 is 0 Å². The van der Waals surface area contributed by atoms with E-state index in [1.807, 2.05) is 4.90 Å². The molecule has 3 heterocycles. The minimum atomic E-state index is -0.187. The monoisotopic (exact) mass is 430 g/mol. The Hall–Kier alpha value is -2.22. The van der Waals surface area contributed by atoms with Crippen molar-refractivity contribution in [1.29, 1.82) is 0 Å². The van der Waals surface area contributed by atoms with Crippen molar-refractivity contribution >= 4 is 28.3 Å². The molecule has 162 valence electrons. The van der Waals surface area contributed by atoms with Gasteiger partial charge in [-0.15, -0.1) is 11.3 Å². The van der Waals surface area contributed by atoms with Gasteiger partial charge >= 0.3 is 0 Å². The number of nitrogens with one attached hydrogen (secondary N) is 1. The van der Waals surface area contributed by atoms with Gasteiger partial charge in [0.15, 0.2) is 5.13 Å². The highest BCUT2D eigenvalue weighted by Crippen LogP contribution is 2.41. The SMILES string of the molecule is CC(=O)Nc1nc(C(=O)N2CCC(c3onc4c3C[C@@H](C(C)(C)C)CC4)CC2)cs1. The second kappa shape index (κ2) is 8.13. The van der Waals surface area contributed by atoms with Gasteiger partial charge in [0.1, 0.15) is 11.5 Å². The summed E-state index contributed by atoms with van der Waals surface area (Å²) in [5, 5.41) is 9.18. The molecule has 0 aromatic carbocycles. The predicted molar refractivity (Wildman–Crippen MR) is 116 cm³/mol. The van der Waals surface area contributed by atoms with Gasteiger partial charge in [-0.2, -0.15) is 0 Å². The summed E-state index contributed by atoms with van der Waals surface area (Å²) in [5.74, 6) is 1.75. The van der Waals surface area contributed by atoms with Crippen molar-refractivity contribution in [3.63, 3.8) is 0 Å². The highest BCUT2D eigenvalue weighted by molar-refractivity contribution is 7.14. The van der Waals surface area contributed by atoms with Crippen molar-refractivity contribution in [3.8, 4) is 0 Å². The molecule has 0 saturated carbocycles. The molecular formula is C22H30N4O3S. The molecular weight excluding hydrogens is 400 g/mol. The summed E-state index contributed by atoms with van der Waals surface area (Å²) in [5.41, 5.74) is 3.14. The van der Waals surface area contributed by atoms with E-state index in [4.69, 9.17) is 4.52 Å². The van der Waals surface area contributed by atoms with Crippen LogP contribution in [0.2, 0.25) is 0 Å². The van der Waals surface area contributed by atoms with Gasteiger partial charge < -0.3 is 14.7 Å². The molecule has 2 amide bonds. The number of hydrogen-bond acceptors (Lipinski definition) is 6. The summed E-state index contributed by atoms with van der Waals surface area (Å²) in [4.78, 5) is 30.1. The highest BCUT2D eigenvalue weighted by atomic mass is 32.1. The van der Waals surface area contributed by atoms with Gasteiger partial charge in [-0.05, 0) is 43.4 Å². The predicted octanol–water partition coefficient (Wildman–Crippen LogP) is 4.26. The van der Waals surface area contributed by atoms with Crippen molar-refractivity contribution in [2.75, 3.05) is 18.4 Å². The first-order valence-electron chi connectivity index (χ1n) is 10.7. The van der Waals surface area contributed by atoms with Crippen LogP contribution in [0.5, 0.6) is 0 Å². The molecule has 2 aromatic heterocycles. The van der Waals surface area contributed by atoms with E-state index in [0.29, 0.717) is 35.8 Å². The van der Waals surface area contributed by atoms with Crippen molar-refractivity contribution in [2.45, 2.75) is 65.7 Å². The maximum absolute atomic E-state index is 12.8. The van der Waals surface area contributed by atoms with Gasteiger partial charge in [0, 0.05) is 36.9 Å². The number of carbonyl (C=O) groups is 2. The second-order valence-corrected chi connectivity index (χ2v) is 10.4. The lowest BCUT2D eigenvalue weighted by Gasteiger charge is -2.34. The van der Waals surface area contributed by atoms with Gasteiger partial charge in [-0.3, -0.25) is 9.59 Å². The molecule has 8 heteroatoms. The molecule has 2 aliphatic rings. The van der Waals surface area contributed by atoms with Crippen LogP contribution in [-0.2, 0) is 17.6 Å². The maximum Gasteiger partial charge on any atom is 0.273 e. The molecule has 0 unspecified atom stereocenters. The molecule has 0 bridgehead atoms. The van der Waals surface area contributed by atoms with Gasteiger partial charge in [-0.25, -0.2) is 4.98 Å². The van der Waals surface area contributed by atoms with Crippen LogP contribution >= 0.6 is 11.3 Å². The van der Waals surface area contributed by atoms with Gasteiger partial charge in [-0.1, -0.05) is 25.9 Å². The fourth-order valence-electron chi connectivity index (χ4n) is 4.58. The number of piperidine rings is 1. The first-order valence-corrected chi connectivity index (χ1v) is 11.6. The van der Waals surface area contributed by atoms with Crippen LogP contribution in [-0.4, -0.2) is 39.9 Å². The van der Waals surface area contributed by atoms with Crippen LogP contribution in [0.1, 0.15) is 80.4 Å². The molecule has 0 radical (unpaired) electrons. The van der Waals surface area contributed by atoms with Crippen LogP contribution < -0.4 is 5.32 Å². The summed E-state index contributed by atoms with van der Waals surface area (Å²) in [7, 11) is 0. The average molecular weight is 431 g/mol. The van der Waals surface area contributed by atoms with E-state index in [0.717, 1.165) is 37.1 Å². The van der Waals surface area contributed by atoms with E-state index >= 15 is 0 Å². The van der Waals surface area contributed by atoms with Gasteiger partial charge in [0.25, 0.3) is 5.91 Å². The Labute approximate surface area is 181 Å². The summed E-state index contributed by atoms with van der Waals surface area (Å²) < 4.78 is 5.83. The van der Waals surface area contributed by atoms with Crippen molar-refractivity contribution in [2.24, 2.45) is 11.3 Å². The number of likely N-dealkylation sites (tertiary alicyclic amines) is 1. The Balaban J connectivity index is 1.40. The van der Waals surface area contributed by atoms with E-state index in [-0.39, 0.29) is 17.2 Å². The second-order valence-electron chi connectivity index (χ2n) is 9.56. The summed E-state index contributed by atoms with van der Waals surface area (Å²) in [6.07, 6.45) is 4.95. The Kier molecular flexibility index (Phi) is 5.70. The zero-order valence-corrected chi connectivity index (χ0v) is 19.0. The molecule has 0 spiro atoms. The van der Waals surface area contributed by atoms with Crippen molar-refractivity contribution < 1.29 is 14.1 Å². The number of amides is 2. The lowest BCUT2D eigenvalue weighted by molar-refractivity contribution is -0.114. The molecule has 7 nitrogen and oxygen atoms in total. The molecule has 1 atom stereocenters. The van der Waals surface area contributed by atoms with E-state index in [2.05, 4.69) is 36.2 Å². The Morgan fingerprint density at radius 3 is 2.63 bits per heavy atom. The number of carbonyl (C=O) groups excluding carboxylic acids is 2. The number of aryl methyl sites for hydroxylation is 1. The molecule has 30 heavy (non-hydrogen) atoms. The number of nitrogens with zero attached hydrogens (tertiary/aromatic N) is 3. The largest absolute Gasteiger partial charge is 0.361 e. The average Bonchev–Trinajstić information content (AvgIpc) is 3.33. The topological polar surface area (TPSA) is 88.3 Å². The van der Waals surface area contributed by atoms with Crippen molar-refractivity contribution in [3.05, 3.63) is 28.1 Å². The van der Waals surface area contributed by atoms with Crippen LogP contribution in [0.4, 0.5) is 5.13 Å². The number of rotatable bonds is 3. The van der Waals surface area contributed by atoms with Gasteiger partial charge in [0.2, 0.25) is 5.91 Å². The lowest BCUT2D eigenvalue weighted by Crippen LogP contribution is -2.38. The molecule has 4 rings (SSSR count). The third-order valence-corrected chi connectivity index (χ3v) is 7.22. The summed E-state index contributed by atoms with van der Waals surface area (Å²) in [6, 6.07) is 0. The van der Waals surface area contributed by atoms with Crippen molar-refractivity contribution in [1.82, 2.24) is 15.0 Å². The third-order valence-electron chi connectivity index (χ3n) is 6.46. The first kappa shape index (κ1) is 21.0. The van der Waals surface area contributed by atoms with Crippen LogP contribution in [0, 0.1) is 11.3 Å². The Morgan fingerprint density at radius 1 is 1.23 bits per heavy atom. The Morgan fingerprint density at radius 2 is 1.97 bits per heavy atom. The number of aromatic nitrogens is 2. The zero-order chi connectivity index (χ0) is 21.5. The van der Waals surface area contributed by atoms with Crippen LogP contribution in [0.15, 0.2) is 9.90 Å². The molecule has 1 fully saturated rings. The fourth-order valence-corrected chi connectivity index (χ4v) is 5.31. The van der Waals surface area contributed by atoms with Gasteiger partial charge in [0.05, 0.1) is 5.69 Å². The number of anilines is 1. The summed E-state index contributed by atoms with van der Waals surface area (Å²) in [6.45, 7) is 9.73. The Bertz CT molecular complexity index is 935. The minimum Gasteiger partial charge on any atom is -0.361 e. The fraction of sp³-hybridized carbons (Fsp3) is 0.636. The quantitative estimate of drug-likeness (QED) is 0.786.